The second kappa shape index (κ2) is 10.9. The maximum atomic E-state index is 11.6. The van der Waals surface area contributed by atoms with E-state index in [1.807, 2.05) is 0 Å². The first-order chi connectivity index (χ1) is 14.0. The lowest BCUT2D eigenvalue weighted by atomic mass is 10.2. The second-order valence-electron chi connectivity index (χ2n) is 8.05. The van der Waals surface area contributed by atoms with Gasteiger partial charge in [0.05, 0.1) is 11.5 Å². The molecule has 2 N–H and O–H groups in total. The number of nitrogens with one attached hydrogen (secondary N) is 2. The first kappa shape index (κ1) is 22.1. The minimum absolute atomic E-state index is 0.0154. The van der Waals surface area contributed by atoms with Crippen LogP contribution in [-0.4, -0.2) is 88.0 Å². The number of hydrogen-bond donors (Lipinski definition) is 2. The molecule has 29 heavy (non-hydrogen) atoms. The van der Waals surface area contributed by atoms with E-state index in [0.29, 0.717) is 12.4 Å². The molecular weight excluding hydrogens is 386 g/mol. The van der Waals surface area contributed by atoms with Gasteiger partial charge in [0, 0.05) is 52.4 Å². The van der Waals surface area contributed by atoms with Gasteiger partial charge in [-0.3, -0.25) is 9.89 Å². The molecule has 1 unspecified atom stereocenters. The summed E-state index contributed by atoms with van der Waals surface area (Å²) in [7, 11) is -1.14. The number of hydrogen-bond acceptors (Lipinski definition) is 5. The maximum Gasteiger partial charge on any atom is 0.191 e. The van der Waals surface area contributed by atoms with Gasteiger partial charge in [-0.25, -0.2) is 8.42 Å². The average molecular weight is 422 g/mol. The first-order valence-electron chi connectivity index (χ1n) is 10.7. The smallest absolute Gasteiger partial charge is 0.191 e. The largest absolute Gasteiger partial charge is 0.356 e. The van der Waals surface area contributed by atoms with E-state index >= 15 is 0 Å². The van der Waals surface area contributed by atoms with Crippen molar-refractivity contribution in [3.8, 4) is 0 Å². The van der Waals surface area contributed by atoms with Crippen LogP contribution in [0.15, 0.2) is 35.3 Å². The summed E-state index contributed by atoms with van der Waals surface area (Å²) in [6, 6.07) is 10.7. The highest BCUT2D eigenvalue weighted by Crippen LogP contribution is 2.11. The molecule has 0 saturated carbocycles. The van der Waals surface area contributed by atoms with Crippen molar-refractivity contribution >= 4 is 15.8 Å². The van der Waals surface area contributed by atoms with Gasteiger partial charge in [-0.2, -0.15) is 0 Å². The Morgan fingerprint density at radius 3 is 2.48 bits per heavy atom. The molecule has 1 aromatic carbocycles. The number of sulfone groups is 1. The molecule has 0 aliphatic carbocycles. The van der Waals surface area contributed by atoms with Gasteiger partial charge in [0.25, 0.3) is 0 Å². The minimum Gasteiger partial charge on any atom is -0.356 e. The van der Waals surface area contributed by atoms with Crippen molar-refractivity contribution in [3.05, 3.63) is 35.9 Å². The molecular formula is C21H35N5O2S. The Hall–Kier alpha value is -1.64. The summed E-state index contributed by atoms with van der Waals surface area (Å²) in [4.78, 5) is 9.30. The molecule has 8 heteroatoms. The van der Waals surface area contributed by atoms with Gasteiger partial charge in [-0.15, -0.1) is 0 Å². The normalized spacial score (nSPS) is 23.2. The van der Waals surface area contributed by atoms with Crippen molar-refractivity contribution in [2.75, 3.05) is 57.8 Å². The van der Waals surface area contributed by atoms with E-state index in [4.69, 9.17) is 0 Å². The van der Waals surface area contributed by atoms with Gasteiger partial charge < -0.3 is 15.5 Å². The number of guanidine groups is 1. The lowest BCUT2D eigenvalue weighted by Gasteiger charge is -2.34. The third-order valence-electron chi connectivity index (χ3n) is 5.70. The number of unbranched alkanes of at least 4 members (excludes halogenated alkanes) is 1. The van der Waals surface area contributed by atoms with Gasteiger partial charge in [0.1, 0.15) is 0 Å². The summed E-state index contributed by atoms with van der Waals surface area (Å²) in [6.45, 7) is 7.58. The lowest BCUT2D eigenvalue weighted by molar-refractivity contribution is 0.126. The zero-order valence-electron chi connectivity index (χ0n) is 17.5. The SMILES string of the molecule is CN=C(NCCCCN1CCN(Cc2ccccc2)CC1)NC1CCS(=O)(=O)C1. The molecule has 1 aromatic rings. The molecule has 0 spiro atoms. The molecule has 2 aliphatic rings. The van der Waals surface area contributed by atoms with E-state index < -0.39 is 9.84 Å². The maximum absolute atomic E-state index is 11.6. The van der Waals surface area contributed by atoms with Crippen LogP contribution in [-0.2, 0) is 16.4 Å². The Morgan fingerprint density at radius 1 is 1.10 bits per heavy atom. The van der Waals surface area contributed by atoms with Crippen molar-refractivity contribution in [2.45, 2.75) is 31.8 Å². The monoisotopic (exact) mass is 421 g/mol. The molecule has 0 aromatic heterocycles. The number of nitrogens with zero attached hydrogens (tertiary/aromatic N) is 3. The molecule has 0 radical (unpaired) electrons. The van der Waals surface area contributed by atoms with Crippen molar-refractivity contribution in [3.63, 3.8) is 0 Å². The van der Waals surface area contributed by atoms with Crippen LogP contribution in [0.1, 0.15) is 24.8 Å². The van der Waals surface area contributed by atoms with E-state index in [-0.39, 0.29) is 17.5 Å². The van der Waals surface area contributed by atoms with Crippen LogP contribution in [0.4, 0.5) is 0 Å². The molecule has 2 heterocycles. The zero-order valence-corrected chi connectivity index (χ0v) is 18.3. The fraction of sp³-hybridized carbons (Fsp3) is 0.667. The van der Waals surface area contributed by atoms with Crippen molar-refractivity contribution in [2.24, 2.45) is 4.99 Å². The number of aliphatic imine (C=N–C) groups is 1. The highest BCUT2D eigenvalue weighted by Gasteiger charge is 2.28. The van der Waals surface area contributed by atoms with Gasteiger partial charge in [0.15, 0.2) is 15.8 Å². The minimum atomic E-state index is -2.87. The fourth-order valence-corrected chi connectivity index (χ4v) is 5.65. The van der Waals surface area contributed by atoms with Crippen LogP contribution in [0.3, 0.4) is 0 Å². The van der Waals surface area contributed by atoms with Crippen molar-refractivity contribution in [1.29, 1.82) is 0 Å². The quantitative estimate of drug-likeness (QED) is 0.370. The molecule has 1 atom stereocenters. The second-order valence-corrected chi connectivity index (χ2v) is 10.3. The van der Waals surface area contributed by atoms with Crippen molar-refractivity contribution in [1.82, 2.24) is 20.4 Å². The third-order valence-corrected chi connectivity index (χ3v) is 7.47. The van der Waals surface area contributed by atoms with E-state index in [9.17, 15) is 8.42 Å². The van der Waals surface area contributed by atoms with Crippen LogP contribution >= 0.6 is 0 Å². The standard InChI is InChI=1S/C21H35N5O2S/c1-22-21(24-20-9-16-29(27,28)18-20)23-10-5-6-11-25-12-14-26(15-13-25)17-19-7-3-2-4-8-19/h2-4,7-8,20H,5-6,9-18H2,1H3,(H2,22,23,24). The molecule has 2 aliphatic heterocycles. The van der Waals surface area contributed by atoms with Crippen LogP contribution in [0, 0.1) is 0 Å². The van der Waals surface area contributed by atoms with Gasteiger partial charge >= 0.3 is 0 Å². The van der Waals surface area contributed by atoms with E-state index in [2.05, 4.69) is 55.8 Å². The highest BCUT2D eigenvalue weighted by molar-refractivity contribution is 7.91. The van der Waals surface area contributed by atoms with E-state index in [1.165, 1.54) is 5.56 Å². The summed E-state index contributed by atoms with van der Waals surface area (Å²) >= 11 is 0. The number of rotatable bonds is 8. The highest BCUT2D eigenvalue weighted by atomic mass is 32.2. The molecule has 2 saturated heterocycles. The fourth-order valence-electron chi connectivity index (χ4n) is 3.98. The number of benzene rings is 1. The Balaban J connectivity index is 1.24. The molecule has 7 nitrogen and oxygen atoms in total. The van der Waals surface area contributed by atoms with Gasteiger partial charge in [-0.1, -0.05) is 30.3 Å². The van der Waals surface area contributed by atoms with E-state index in [1.54, 1.807) is 7.05 Å². The van der Waals surface area contributed by atoms with Gasteiger partial charge in [0.2, 0.25) is 0 Å². The van der Waals surface area contributed by atoms with Crippen molar-refractivity contribution < 1.29 is 8.42 Å². The molecule has 3 rings (SSSR count). The molecule has 0 amide bonds. The summed E-state index contributed by atoms with van der Waals surface area (Å²) in [5, 5.41) is 6.54. The number of piperazine rings is 1. The molecule has 2 fully saturated rings. The molecule has 0 bridgehead atoms. The summed E-state index contributed by atoms with van der Waals surface area (Å²) in [5.41, 5.74) is 1.39. The Morgan fingerprint density at radius 2 is 1.83 bits per heavy atom. The Bertz CT molecular complexity index is 746. The zero-order chi connectivity index (χ0) is 20.5. The van der Waals surface area contributed by atoms with E-state index in [0.717, 1.165) is 58.7 Å². The summed E-state index contributed by atoms with van der Waals surface area (Å²) in [6.07, 6.45) is 2.90. The summed E-state index contributed by atoms with van der Waals surface area (Å²) in [5.74, 6) is 1.20. The Kier molecular flexibility index (Phi) is 8.32. The Labute approximate surface area is 175 Å². The predicted octanol–water partition coefficient (Wildman–Crippen LogP) is 0.937. The summed E-state index contributed by atoms with van der Waals surface area (Å²) < 4.78 is 23.1. The van der Waals surface area contributed by atoms with Crippen LogP contribution < -0.4 is 10.6 Å². The van der Waals surface area contributed by atoms with Crippen LogP contribution in [0.5, 0.6) is 0 Å². The molecule has 162 valence electrons. The predicted molar refractivity (Wildman–Crippen MR) is 119 cm³/mol. The topological polar surface area (TPSA) is 77.0 Å². The van der Waals surface area contributed by atoms with Gasteiger partial charge in [-0.05, 0) is 31.4 Å². The van der Waals surface area contributed by atoms with Crippen LogP contribution in [0.2, 0.25) is 0 Å². The van der Waals surface area contributed by atoms with Crippen LogP contribution in [0.25, 0.3) is 0 Å². The lowest BCUT2D eigenvalue weighted by Crippen LogP contribution is -2.46. The third kappa shape index (κ3) is 7.60. The first-order valence-corrected chi connectivity index (χ1v) is 12.5. The average Bonchev–Trinajstić information content (AvgIpc) is 3.07.